The van der Waals surface area contributed by atoms with E-state index in [0.29, 0.717) is 0 Å². The molecule has 0 radical (unpaired) electrons. The zero-order valence-corrected chi connectivity index (χ0v) is 10.4. The van der Waals surface area contributed by atoms with Crippen molar-refractivity contribution in [3.63, 3.8) is 0 Å². The van der Waals surface area contributed by atoms with Gasteiger partial charge in [0.2, 0.25) is 0 Å². The Hall–Kier alpha value is -1.91. The molecule has 0 aliphatic rings. The second-order valence-corrected chi connectivity index (χ2v) is 3.90. The predicted molar refractivity (Wildman–Crippen MR) is 67.0 cm³/mol. The van der Waals surface area contributed by atoms with E-state index in [4.69, 9.17) is 0 Å². The lowest BCUT2D eigenvalue weighted by Gasteiger charge is -2.06. The van der Waals surface area contributed by atoms with Gasteiger partial charge in [0.15, 0.2) is 0 Å². The van der Waals surface area contributed by atoms with Crippen molar-refractivity contribution in [2.24, 2.45) is 7.05 Å². The van der Waals surface area contributed by atoms with Gasteiger partial charge in [-0.2, -0.15) is 0 Å². The first kappa shape index (κ1) is 11.6. The number of imidazole rings is 1. The summed E-state index contributed by atoms with van der Waals surface area (Å²) in [7, 11) is 3.86. The van der Waals surface area contributed by atoms with E-state index < -0.39 is 0 Å². The summed E-state index contributed by atoms with van der Waals surface area (Å²) < 4.78 is 2.01. The smallest absolute Gasteiger partial charge is 0.130 e. The molecule has 5 heteroatoms. The van der Waals surface area contributed by atoms with Crippen molar-refractivity contribution < 1.29 is 0 Å². The fourth-order valence-electron chi connectivity index (χ4n) is 1.66. The van der Waals surface area contributed by atoms with Crippen molar-refractivity contribution in [3.8, 4) is 0 Å². The molecular formula is C12H17N5. The highest BCUT2D eigenvalue weighted by atomic mass is 15.0. The zero-order valence-electron chi connectivity index (χ0n) is 10.4. The normalized spacial score (nSPS) is 10.5. The van der Waals surface area contributed by atoms with E-state index in [9.17, 15) is 0 Å². The predicted octanol–water partition coefficient (Wildman–Crippen LogP) is 1.40. The molecule has 0 saturated carbocycles. The number of hydrogen-bond acceptors (Lipinski definition) is 4. The molecular weight excluding hydrogens is 214 g/mol. The Labute approximate surface area is 101 Å². The third-order valence-electron chi connectivity index (χ3n) is 2.66. The van der Waals surface area contributed by atoms with Crippen molar-refractivity contribution in [2.75, 3.05) is 12.4 Å². The number of hydrogen-bond donors (Lipinski definition) is 1. The van der Waals surface area contributed by atoms with Crippen LogP contribution in [0.2, 0.25) is 0 Å². The maximum absolute atomic E-state index is 4.51. The lowest BCUT2D eigenvalue weighted by Crippen LogP contribution is -2.06. The number of aromatic nitrogens is 4. The molecule has 1 N–H and O–H groups in total. The van der Waals surface area contributed by atoms with Gasteiger partial charge < -0.3 is 9.88 Å². The molecule has 0 saturated heterocycles. The summed E-state index contributed by atoms with van der Waals surface area (Å²) >= 11 is 0. The molecule has 0 fully saturated rings. The van der Waals surface area contributed by atoms with Crippen LogP contribution >= 0.6 is 0 Å². The number of rotatable bonds is 4. The molecule has 0 amide bonds. The van der Waals surface area contributed by atoms with Crippen LogP contribution in [0, 0.1) is 0 Å². The van der Waals surface area contributed by atoms with Crippen molar-refractivity contribution >= 4 is 5.82 Å². The van der Waals surface area contributed by atoms with Crippen LogP contribution in [0.4, 0.5) is 5.82 Å². The Kier molecular flexibility index (Phi) is 3.37. The van der Waals surface area contributed by atoms with Gasteiger partial charge in [0.25, 0.3) is 0 Å². The first-order valence-corrected chi connectivity index (χ1v) is 5.73. The van der Waals surface area contributed by atoms with Crippen LogP contribution in [0.25, 0.3) is 0 Å². The maximum Gasteiger partial charge on any atom is 0.130 e. The molecule has 2 rings (SSSR count). The molecule has 0 spiro atoms. The summed E-state index contributed by atoms with van der Waals surface area (Å²) in [6.07, 6.45) is 5.31. The van der Waals surface area contributed by atoms with Gasteiger partial charge in [-0.05, 0) is 0 Å². The van der Waals surface area contributed by atoms with Gasteiger partial charge in [-0.15, -0.1) is 0 Å². The SMILES string of the molecule is CCc1nc(Cc2nccn2C)cc(NC)n1. The highest BCUT2D eigenvalue weighted by Gasteiger charge is 2.06. The van der Waals surface area contributed by atoms with Crippen molar-refractivity contribution in [2.45, 2.75) is 19.8 Å². The van der Waals surface area contributed by atoms with Crippen molar-refractivity contribution in [1.82, 2.24) is 19.5 Å². The Morgan fingerprint density at radius 2 is 2.18 bits per heavy atom. The van der Waals surface area contributed by atoms with Crippen LogP contribution in [-0.2, 0) is 19.9 Å². The largest absolute Gasteiger partial charge is 0.373 e. The van der Waals surface area contributed by atoms with Crippen LogP contribution < -0.4 is 5.32 Å². The Balaban J connectivity index is 2.29. The van der Waals surface area contributed by atoms with Gasteiger partial charge in [0.1, 0.15) is 17.5 Å². The van der Waals surface area contributed by atoms with Gasteiger partial charge in [-0.25, -0.2) is 15.0 Å². The third kappa shape index (κ3) is 2.61. The third-order valence-corrected chi connectivity index (χ3v) is 2.66. The summed E-state index contributed by atoms with van der Waals surface area (Å²) in [5.74, 6) is 2.73. The number of aryl methyl sites for hydroxylation is 2. The van der Waals surface area contributed by atoms with E-state index in [2.05, 4.69) is 27.2 Å². The summed E-state index contributed by atoms with van der Waals surface area (Å²) in [4.78, 5) is 13.2. The fraction of sp³-hybridized carbons (Fsp3) is 0.417. The number of nitrogens with zero attached hydrogens (tertiary/aromatic N) is 4. The highest BCUT2D eigenvalue weighted by Crippen LogP contribution is 2.10. The highest BCUT2D eigenvalue weighted by molar-refractivity contribution is 5.36. The monoisotopic (exact) mass is 231 g/mol. The van der Waals surface area contributed by atoms with Crippen LogP contribution in [0.15, 0.2) is 18.5 Å². The molecule has 0 aliphatic heterocycles. The second kappa shape index (κ2) is 4.95. The Morgan fingerprint density at radius 3 is 2.76 bits per heavy atom. The molecule has 90 valence electrons. The molecule has 0 aromatic carbocycles. The topological polar surface area (TPSA) is 55.6 Å². The summed E-state index contributed by atoms with van der Waals surface area (Å²) in [5, 5.41) is 3.06. The van der Waals surface area contributed by atoms with Gasteiger partial charge in [0, 0.05) is 45.4 Å². The fourth-order valence-corrected chi connectivity index (χ4v) is 1.66. The maximum atomic E-state index is 4.51. The minimum absolute atomic E-state index is 0.730. The molecule has 0 unspecified atom stereocenters. The van der Waals surface area contributed by atoms with E-state index in [1.807, 2.05) is 30.9 Å². The van der Waals surface area contributed by atoms with Gasteiger partial charge >= 0.3 is 0 Å². The summed E-state index contributed by atoms with van der Waals surface area (Å²) in [6.45, 7) is 2.05. The minimum atomic E-state index is 0.730. The minimum Gasteiger partial charge on any atom is -0.373 e. The van der Waals surface area contributed by atoms with Crippen LogP contribution in [0.5, 0.6) is 0 Å². The molecule has 0 aliphatic carbocycles. The van der Waals surface area contributed by atoms with Crippen molar-refractivity contribution in [1.29, 1.82) is 0 Å². The van der Waals surface area contributed by atoms with Crippen LogP contribution in [-0.4, -0.2) is 26.6 Å². The van der Waals surface area contributed by atoms with Gasteiger partial charge in [-0.1, -0.05) is 6.92 Å². The molecule has 2 aromatic heterocycles. The standard InChI is InChI=1S/C12H17N5/c1-4-10-15-9(7-11(13-2)16-10)8-12-14-5-6-17(12)3/h5-7H,4,8H2,1-3H3,(H,13,15,16). The van der Waals surface area contributed by atoms with Gasteiger partial charge in [0.05, 0.1) is 5.69 Å². The van der Waals surface area contributed by atoms with Crippen LogP contribution in [0.1, 0.15) is 24.3 Å². The average molecular weight is 231 g/mol. The van der Waals surface area contributed by atoms with E-state index >= 15 is 0 Å². The molecule has 5 nitrogen and oxygen atoms in total. The molecule has 0 bridgehead atoms. The van der Waals surface area contributed by atoms with Crippen molar-refractivity contribution in [3.05, 3.63) is 35.8 Å². The number of anilines is 1. The zero-order chi connectivity index (χ0) is 12.3. The van der Waals surface area contributed by atoms with Gasteiger partial charge in [-0.3, -0.25) is 0 Å². The molecule has 2 heterocycles. The molecule has 2 aromatic rings. The Morgan fingerprint density at radius 1 is 1.35 bits per heavy atom. The number of nitrogens with one attached hydrogen (secondary N) is 1. The Bertz CT molecular complexity index is 481. The van der Waals surface area contributed by atoms with E-state index in [1.165, 1.54) is 0 Å². The lowest BCUT2D eigenvalue weighted by atomic mass is 10.2. The lowest BCUT2D eigenvalue weighted by molar-refractivity contribution is 0.799. The summed E-state index contributed by atoms with van der Waals surface area (Å²) in [5.41, 5.74) is 0.996. The first-order chi connectivity index (χ1) is 8.22. The first-order valence-electron chi connectivity index (χ1n) is 5.73. The van der Waals surface area contributed by atoms with E-state index in [1.54, 1.807) is 6.20 Å². The average Bonchev–Trinajstić information content (AvgIpc) is 2.74. The van der Waals surface area contributed by atoms with E-state index in [-0.39, 0.29) is 0 Å². The van der Waals surface area contributed by atoms with Crippen LogP contribution in [0.3, 0.4) is 0 Å². The van der Waals surface area contributed by atoms with E-state index in [0.717, 1.165) is 36.0 Å². The molecule has 17 heavy (non-hydrogen) atoms. The molecule has 0 atom stereocenters. The quantitative estimate of drug-likeness (QED) is 0.864. The second-order valence-electron chi connectivity index (χ2n) is 3.90. The summed E-state index contributed by atoms with van der Waals surface area (Å²) in [6, 6.07) is 1.97.